The summed E-state index contributed by atoms with van der Waals surface area (Å²) in [6.07, 6.45) is 4.87. The van der Waals surface area contributed by atoms with Crippen molar-refractivity contribution < 1.29 is 23.8 Å². The van der Waals surface area contributed by atoms with Crippen LogP contribution in [0.1, 0.15) is 49.4 Å². The van der Waals surface area contributed by atoms with Gasteiger partial charge in [-0.15, -0.1) is 0 Å². The van der Waals surface area contributed by atoms with Gasteiger partial charge < -0.3 is 19.2 Å². The molecule has 1 fully saturated rings. The van der Waals surface area contributed by atoms with E-state index in [1.807, 2.05) is 6.07 Å². The Morgan fingerprint density at radius 1 is 1.12 bits per heavy atom. The van der Waals surface area contributed by atoms with Crippen molar-refractivity contribution in [3.8, 4) is 0 Å². The molecular formula is C18H21NO5. The second-order valence-corrected chi connectivity index (χ2v) is 5.96. The average molecular weight is 331 g/mol. The van der Waals surface area contributed by atoms with E-state index in [4.69, 9.17) is 14.2 Å². The maximum atomic E-state index is 12.3. The molecule has 1 aromatic heterocycles. The first-order valence-electron chi connectivity index (χ1n) is 8.28. The number of hydrogen-bond donors (Lipinski definition) is 1. The highest BCUT2D eigenvalue weighted by Gasteiger charge is 2.22. The molecule has 6 heteroatoms. The Balaban J connectivity index is 1.54. The van der Waals surface area contributed by atoms with E-state index in [1.165, 1.54) is 13.3 Å². The van der Waals surface area contributed by atoms with E-state index < -0.39 is 18.4 Å². The standard InChI is InChI=1S/C18H21NO5/c1-12(23-18(21)24-13-6-3-2-4-7-13)22-17(20)15-8-5-9-16-14(15)10-11-19-16/h5,8-13,19H,2-4,6-7H2,1H3. The topological polar surface area (TPSA) is 77.6 Å². The van der Waals surface area contributed by atoms with Crippen LogP contribution in [-0.4, -0.2) is 29.5 Å². The highest BCUT2D eigenvalue weighted by Crippen LogP contribution is 2.21. The van der Waals surface area contributed by atoms with Crippen molar-refractivity contribution in [2.45, 2.75) is 51.4 Å². The maximum absolute atomic E-state index is 12.3. The highest BCUT2D eigenvalue weighted by molar-refractivity contribution is 6.03. The van der Waals surface area contributed by atoms with Gasteiger partial charge in [0.05, 0.1) is 5.56 Å². The molecule has 1 saturated carbocycles. The predicted octanol–water partition coefficient (Wildman–Crippen LogP) is 4.16. The summed E-state index contributed by atoms with van der Waals surface area (Å²) in [5, 5.41) is 0.763. The number of aromatic nitrogens is 1. The number of fused-ring (bicyclic) bond motifs is 1. The number of ether oxygens (including phenoxy) is 3. The summed E-state index contributed by atoms with van der Waals surface area (Å²) in [6.45, 7) is 1.50. The van der Waals surface area contributed by atoms with Crippen molar-refractivity contribution >= 4 is 23.0 Å². The van der Waals surface area contributed by atoms with E-state index >= 15 is 0 Å². The first kappa shape index (κ1) is 16.4. The van der Waals surface area contributed by atoms with Crippen LogP contribution in [0.5, 0.6) is 0 Å². The first-order valence-corrected chi connectivity index (χ1v) is 8.28. The minimum Gasteiger partial charge on any atom is -0.431 e. The van der Waals surface area contributed by atoms with Crippen LogP contribution < -0.4 is 0 Å². The molecule has 0 amide bonds. The monoisotopic (exact) mass is 331 g/mol. The van der Waals surface area contributed by atoms with Crippen LogP contribution in [0, 0.1) is 0 Å². The number of esters is 1. The number of carbonyl (C=O) groups is 2. The van der Waals surface area contributed by atoms with E-state index in [1.54, 1.807) is 24.4 Å². The normalized spacial score (nSPS) is 16.5. The summed E-state index contributed by atoms with van der Waals surface area (Å²) in [4.78, 5) is 27.1. The fourth-order valence-corrected chi connectivity index (χ4v) is 2.98. The van der Waals surface area contributed by atoms with Crippen molar-refractivity contribution in [2.24, 2.45) is 0 Å². The van der Waals surface area contributed by atoms with Crippen molar-refractivity contribution in [2.75, 3.05) is 0 Å². The third-order valence-corrected chi connectivity index (χ3v) is 4.17. The van der Waals surface area contributed by atoms with Gasteiger partial charge in [0.15, 0.2) is 0 Å². The minimum atomic E-state index is -1.01. The third kappa shape index (κ3) is 3.88. The van der Waals surface area contributed by atoms with Crippen LogP contribution in [0.2, 0.25) is 0 Å². The molecule has 0 aliphatic heterocycles. The van der Waals surface area contributed by atoms with Gasteiger partial charge >= 0.3 is 12.1 Å². The van der Waals surface area contributed by atoms with Gasteiger partial charge in [0.25, 0.3) is 0 Å². The van der Waals surface area contributed by atoms with E-state index in [0.717, 1.165) is 36.6 Å². The van der Waals surface area contributed by atoms with Gasteiger partial charge in [0.2, 0.25) is 6.29 Å². The molecule has 2 aromatic rings. The molecule has 0 radical (unpaired) electrons. The zero-order chi connectivity index (χ0) is 16.9. The average Bonchev–Trinajstić information content (AvgIpc) is 3.03. The second kappa shape index (κ2) is 7.38. The van der Waals surface area contributed by atoms with Gasteiger partial charge in [0.1, 0.15) is 6.10 Å². The number of nitrogens with one attached hydrogen (secondary N) is 1. The molecule has 128 valence electrons. The van der Waals surface area contributed by atoms with Crippen molar-refractivity contribution in [1.82, 2.24) is 4.98 Å². The summed E-state index contributed by atoms with van der Waals surface area (Å²) in [7, 11) is 0. The molecule has 1 atom stereocenters. The van der Waals surface area contributed by atoms with Gasteiger partial charge in [-0.3, -0.25) is 0 Å². The lowest BCUT2D eigenvalue weighted by atomic mass is 9.98. The van der Waals surface area contributed by atoms with E-state index in [9.17, 15) is 9.59 Å². The largest absolute Gasteiger partial charge is 0.511 e. The molecule has 0 bridgehead atoms. The lowest BCUT2D eigenvalue weighted by Gasteiger charge is -2.22. The Hall–Kier alpha value is -2.50. The van der Waals surface area contributed by atoms with Gasteiger partial charge in [0, 0.05) is 24.0 Å². The Kier molecular flexibility index (Phi) is 5.03. The number of H-pyrrole nitrogens is 1. The zero-order valence-electron chi connectivity index (χ0n) is 13.6. The lowest BCUT2D eigenvalue weighted by molar-refractivity contribution is -0.0914. The molecule has 0 saturated heterocycles. The molecule has 3 rings (SSSR count). The second-order valence-electron chi connectivity index (χ2n) is 5.96. The molecule has 1 heterocycles. The van der Waals surface area contributed by atoms with E-state index in [0.29, 0.717) is 5.56 Å². The number of benzene rings is 1. The molecule has 1 unspecified atom stereocenters. The molecule has 0 spiro atoms. The maximum Gasteiger partial charge on any atom is 0.511 e. The van der Waals surface area contributed by atoms with Crippen LogP contribution in [-0.2, 0) is 14.2 Å². The van der Waals surface area contributed by atoms with Crippen LogP contribution in [0.15, 0.2) is 30.5 Å². The van der Waals surface area contributed by atoms with Crippen molar-refractivity contribution in [1.29, 1.82) is 0 Å². The lowest BCUT2D eigenvalue weighted by Crippen LogP contribution is -2.26. The third-order valence-electron chi connectivity index (χ3n) is 4.17. The Bertz CT molecular complexity index is 717. The molecule has 1 N–H and O–H groups in total. The highest BCUT2D eigenvalue weighted by atomic mass is 16.8. The van der Waals surface area contributed by atoms with Crippen LogP contribution >= 0.6 is 0 Å². The number of aromatic amines is 1. The Morgan fingerprint density at radius 2 is 1.92 bits per heavy atom. The molecule has 1 aromatic carbocycles. The van der Waals surface area contributed by atoms with Crippen molar-refractivity contribution in [3.05, 3.63) is 36.0 Å². The van der Waals surface area contributed by atoms with Gasteiger partial charge in [-0.1, -0.05) is 12.5 Å². The van der Waals surface area contributed by atoms with Crippen LogP contribution in [0.4, 0.5) is 4.79 Å². The number of hydrogen-bond acceptors (Lipinski definition) is 5. The molecule has 1 aliphatic rings. The van der Waals surface area contributed by atoms with Crippen LogP contribution in [0.3, 0.4) is 0 Å². The van der Waals surface area contributed by atoms with Crippen molar-refractivity contribution in [3.63, 3.8) is 0 Å². The summed E-state index contributed by atoms with van der Waals surface area (Å²) in [5.74, 6) is -0.543. The van der Waals surface area contributed by atoms with E-state index in [2.05, 4.69) is 4.98 Å². The van der Waals surface area contributed by atoms with Gasteiger partial charge in [-0.25, -0.2) is 9.59 Å². The fourth-order valence-electron chi connectivity index (χ4n) is 2.98. The minimum absolute atomic E-state index is 0.0947. The van der Waals surface area contributed by atoms with Gasteiger partial charge in [-0.05, 0) is 43.9 Å². The van der Waals surface area contributed by atoms with Gasteiger partial charge in [-0.2, -0.15) is 0 Å². The summed E-state index contributed by atoms with van der Waals surface area (Å²) in [5.41, 5.74) is 1.26. The molecular weight excluding hydrogens is 310 g/mol. The number of rotatable bonds is 4. The number of carbonyl (C=O) groups excluding carboxylic acids is 2. The molecule has 6 nitrogen and oxygen atoms in total. The SMILES string of the molecule is CC(OC(=O)OC1CCCCC1)OC(=O)c1cccc2[nH]ccc12. The predicted molar refractivity (Wildman–Crippen MR) is 87.6 cm³/mol. The summed E-state index contributed by atoms with van der Waals surface area (Å²) >= 11 is 0. The summed E-state index contributed by atoms with van der Waals surface area (Å²) in [6, 6.07) is 7.10. The fraction of sp³-hybridized carbons (Fsp3) is 0.444. The van der Waals surface area contributed by atoms with Crippen LogP contribution in [0.25, 0.3) is 10.9 Å². The first-order chi connectivity index (χ1) is 11.6. The van der Waals surface area contributed by atoms with E-state index in [-0.39, 0.29) is 6.10 Å². The molecule has 1 aliphatic carbocycles. The quantitative estimate of drug-likeness (QED) is 0.672. The Morgan fingerprint density at radius 3 is 2.71 bits per heavy atom. The zero-order valence-corrected chi connectivity index (χ0v) is 13.6. The smallest absolute Gasteiger partial charge is 0.431 e. The Labute approximate surface area is 140 Å². The summed E-state index contributed by atoms with van der Waals surface area (Å²) < 4.78 is 15.5. The molecule has 24 heavy (non-hydrogen) atoms.